The lowest BCUT2D eigenvalue weighted by molar-refractivity contribution is -0.155. The Hall–Kier alpha value is -3.12. The third-order valence-electron chi connectivity index (χ3n) is 5.86. The molecule has 0 N–H and O–H groups in total. The molecule has 0 aliphatic carbocycles. The first-order chi connectivity index (χ1) is 18.6. The highest BCUT2D eigenvalue weighted by Gasteiger charge is 2.37. The molecule has 2 rings (SSSR count). The minimum Gasteiger partial charge on any atom is -0.460 e. The second-order valence-corrected chi connectivity index (χ2v) is 12.0. The summed E-state index contributed by atoms with van der Waals surface area (Å²) in [5, 5.41) is 3.78. The van der Waals surface area contributed by atoms with Gasteiger partial charge in [0, 0.05) is 32.3 Å². The molecule has 0 fully saturated rings. The van der Waals surface area contributed by atoms with Gasteiger partial charge in [-0.05, 0) is 56.9 Å². The number of hydrogen-bond donors (Lipinski definition) is 0. The number of aromatic nitrogens is 2. The highest BCUT2D eigenvalue weighted by Crippen LogP contribution is 2.31. The van der Waals surface area contributed by atoms with Crippen molar-refractivity contribution in [2.75, 3.05) is 13.7 Å². The number of alkyl halides is 3. The van der Waals surface area contributed by atoms with Crippen molar-refractivity contribution >= 4 is 11.7 Å². The quantitative estimate of drug-likeness (QED) is 0.127. The minimum absolute atomic E-state index is 0.00822. The zero-order chi connectivity index (χ0) is 30.0. The minimum atomic E-state index is -4.65. The number of esters is 1. The van der Waals surface area contributed by atoms with Crippen LogP contribution in [0.25, 0.3) is 0 Å². The summed E-state index contributed by atoms with van der Waals surface area (Å²) in [5.74, 6) is 4.61. The fourth-order valence-corrected chi connectivity index (χ4v) is 3.87. The highest BCUT2D eigenvalue weighted by molar-refractivity contribution is 6.03. The van der Waals surface area contributed by atoms with Gasteiger partial charge in [0.05, 0.1) is 24.3 Å². The molecule has 1 aromatic carbocycles. The number of aryl methyl sites for hydroxylation is 1. The number of aliphatic imine (C=N–C) groups is 1. The largest absolute Gasteiger partial charge is 0.460 e. The second kappa shape index (κ2) is 14.5. The molecule has 0 bridgehead atoms. The molecule has 0 unspecified atom stereocenters. The Bertz CT molecular complexity index is 1180. The van der Waals surface area contributed by atoms with Crippen LogP contribution in [0.2, 0.25) is 0 Å². The van der Waals surface area contributed by atoms with Crippen LogP contribution in [0, 0.1) is 23.2 Å². The van der Waals surface area contributed by atoms with Gasteiger partial charge in [0.1, 0.15) is 5.60 Å². The van der Waals surface area contributed by atoms with E-state index in [9.17, 15) is 18.0 Å². The fraction of sp³-hybridized carbons (Fsp3) is 0.581. The summed E-state index contributed by atoms with van der Waals surface area (Å²) in [6.45, 7) is 12.6. The third-order valence-corrected chi connectivity index (χ3v) is 5.86. The molecule has 2 aromatic rings. The Morgan fingerprint density at radius 3 is 2.35 bits per heavy atom. The average Bonchev–Trinajstić information content (AvgIpc) is 3.25. The van der Waals surface area contributed by atoms with Crippen molar-refractivity contribution < 1.29 is 27.4 Å². The lowest BCUT2D eigenvalue weighted by Gasteiger charge is -2.22. The normalized spacial score (nSPS) is 13.5. The smallest absolute Gasteiger partial charge is 0.436 e. The summed E-state index contributed by atoms with van der Waals surface area (Å²) >= 11 is 0. The maximum atomic E-state index is 13.7. The van der Waals surface area contributed by atoms with E-state index < -0.39 is 29.4 Å². The summed E-state index contributed by atoms with van der Waals surface area (Å²) in [4.78, 5) is 16.9. The van der Waals surface area contributed by atoms with Gasteiger partial charge >= 0.3 is 12.1 Å². The Morgan fingerprint density at radius 2 is 1.77 bits per heavy atom. The molecule has 1 heterocycles. The third kappa shape index (κ3) is 12.4. The van der Waals surface area contributed by atoms with E-state index in [4.69, 9.17) is 9.47 Å². The SMILES string of the molecule is CN=C(C#Cc1cn(CCC(C)(C)C)nc1C(F)(F)F)[C@@H](CCCOCc1ccccc1)CC(=O)OC(C)(C)C. The van der Waals surface area contributed by atoms with Crippen molar-refractivity contribution in [1.82, 2.24) is 9.78 Å². The van der Waals surface area contributed by atoms with Gasteiger partial charge in [-0.15, -0.1) is 0 Å². The first kappa shape index (κ1) is 33.1. The van der Waals surface area contributed by atoms with E-state index >= 15 is 0 Å². The van der Waals surface area contributed by atoms with Gasteiger partial charge in [-0.3, -0.25) is 14.5 Å². The monoisotopic (exact) mass is 561 g/mol. The molecule has 1 atom stereocenters. The molecule has 0 saturated heterocycles. The summed E-state index contributed by atoms with van der Waals surface area (Å²) in [6, 6.07) is 9.77. The summed E-state index contributed by atoms with van der Waals surface area (Å²) in [6.07, 6.45) is -1.54. The van der Waals surface area contributed by atoms with Crippen LogP contribution in [0.3, 0.4) is 0 Å². The van der Waals surface area contributed by atoms with Crippen molar-refractivity contribution in [1.29, 1.82) is 0 Å². The van der Waals surface area contributed by atoms with E-state index in [1.807, 2.05) is 51.1 Å². The highest BCUT2D eigenvalue weighted by atomic mass is 19.4. The Kier molecular flexibility index (Phi) is 12.0. The van der Waals surface area contributed by atoms with Crippen molar-refractivity contribution in [2.24, 2.45) is 16.3 Å². The summed E-state index contributed by atoms with van der Waals surface area (Å²) < 4.78 is 53.8. The number of benzene rings is 1. The fourth-order valence-electron chi connectivity index (χ4n) is 3.87. The van der Waals surface area contributed by atoms with E-state index in [0.717, 1.165) is 5.56 Å². The number of rotatable bonds is 11. The van der Waals surface area contributed by atoms with Crippen LogP contribution >= 0.6 is 0 Å². The van der Waals surface area contributed by atoms with Crippen LogP contribution in [0.1, 0.15) is 84.0 Å². The Morgan fingerprint density at radius 1 is 1.10 bits per heavy atom. The zero-order valence-electron chi connectivity index (χ0n) is 24.7. The van der Waals surface area contributed by atoms with Crippen LogP contribution in [0.5, 0.6) is 0 Å². The number of ether oxygens (including phenoxy) is 2. The van der Waals surface area contributed by atoms with Crippen molar-refractivity contribution in [2.45, 2.75) is 92.2 Å². The molecule has 0 spiro atoms. The van der Waals surface area contributed by atoms with E-state index in [-0.39, 0.29) is 17.4 Å². The van der Waals surface area contributed by atoms with Gasteiger partial charge in [0.2, 0.25) is 0 Å². The van der Waals surface area contributed by atoms with Crippen LogP contribution < -0.4 is 0 Å². The van der Waals surface area contributed by atoms with Gasteiger partial charge in [-0.1, -0.05) is 57.0 Å². The van der Waals surface area contributed by atoms with Crippen molar-refractivity contribution in [3.8, 4) is 11.8 Å². The first-order valence-electron chi connectivity index (χ1n) is 13.5. The number of carbonyl (C=O) groups excluding carboxylic acids is 1. The molecule has 0 amide bonds. The molecule has 6 nitrogen and oxygen atoms in total. The molecular weight excluding hydrogens is 519 g/mol. The maximum Gasteiger partial charge on any atom is 0.436 e. The van der Waals surface area contributed by atoms with Crippen LogP contribution in [0.4, 0.5) is 13.2 Å². The van der Waals surface area contributed by atoms with Gasteiger partial charge < -0.3 is 9.47 Å². The molecule has 0 saturated carbocycles. The number of hydrogen-bond acceptors (Lipinski definition) is 5. The number of nitrogens with zero attached hydrogens (tertiary/aromatic N) is 3. The summed E-state index contributed by atoms with van der Waals surface area (Å²) in [5.41, 5.74) is -0.578. The molecular formula is C31H42F3N3O3. The molecule has 0 aliphatic heterocycles. The average molecular weight is 562 g/mol. The number of carbonyl (C=O) groups is 1. The van der Waals surface area contributed by atoms with Crippen LogP contribution in [-0.4, -0.2) is 40.7 Å². The number of halogens is 3. The Labute approximate surface area is 236 Å². The van der Waals surface area contributed by atoms with Gasteiger partial charge in [-0.2, -0.15) is 18.3 Å². The second-order valence-electron chi connectivity index (χ2n) is 12.0. The van der Waals surface area contributed by atoms with E-state index in [0.29, 0.717) is 44.7 Å². The standard InChI is InChI=1S/C31H42F3N3O3/c1-29(2,3)17-18-37-21-25(28(36-37)31(32,33)34)15-16-26(35-7)24(20-27(38)40-30(4,5)6)14-11-19-39-22-23-12-9-8-10-13-23/h8-10,12-13,21,24H,11,14,17-20,22H2,1-7H3/t24-/m0/s1. The summed E-state index contributed by atoms with van der Waals surface area (Å²) in [7, 11) is 1.52. The van der Waals surface area contributed by atoms with Crippen LogP contribution in [0.15, 0.2) is 41.5 Å². The molecule has 0 radical (unpaired) electrons. The predicted octanol–water partition coefficient (Wildman–Crippen LogP) is 7.11. The van der Waals surface area contributed by atoms with Crippen molar-refractivity contribution in [3.63, 3.8) is 0 Å². The zero-order valence-corrected chi connectivity index (χ0v) is 24.7. The van der Waals surface area contributed by atoms with E-state index in [1.54, 1.807) is 20.8 Å². The van der Waals surface area contributed by atoms with E-state index in [2.05, 4.69) is 21.9 Å². The maximum absolute atomic E-state index is 13.7. The van der Waals surface area contributed by atoms with Gasteiger partial charge in [0.25, 0.3) is 0 Å². The molecule has 0 aliphatic rings. The molecule has 220 valence electrons. The Balaban J connectivity index is 2.21. The molecule has 9 heteroatoms. The molecule has 40 heavy (non-hydrogen) atoms. The lowest BCUT2D eigenvalue weighted by Crippen LogP contribution is -2.27. The lowest BCUT2D eigenvalue weighted by atomic mass is 9.92. The van der Waals surface area contributed by atoms with Gasteiger partial charge in [-0.25, -0.2) is 0 Å². The molecule has 1 aromatic heterocycles. The van der Waals surface area contributed by atoms with Crippen molar-refractivity contribution in [3.05, 3.63) is 53.3 Å². The first-order valence-corrected chi connectivity index (χ1v) is 13.5. The van der Waals surface area contributed by atoms with Gasteiger partial charge in [0.15, 0.2) is 5.69 Å². The predicted molar refractivity (Wildman–Crippen MR) is 151 cm³/mol. The van der Waals surface area contributed by atoms with Crippen LogP contribution in [-0.2, 0) is 33.6 Å². The topological polar surface area (TPSA) is 65.7 Å². The van der Waals surface area contributed by atoms with E-state index in [1.165, 1.54) is 17.9 Å².